The van der Waals surface area contributed by atoms with E-state index in [0.717, 1.165) is 8.75 Å². The van der Waals surface area contributed by atoms with Gasteiger partial charge in [-0.1, -0.05) is 44.9 Å². The lowest BCUT2D eigenvalue weighted by Gasteiger charge is -2.02. The number of halogens is 2. The molecule has 0 spiro atoms. The summed E-state index contributed by atoms with van der Waals surface area (Å²) >= 11 is 6.23. The Morgan fingerprint density at radius 3 is 2.67 bits per heavy atom. The van der Waals surface area contributed by atoms with Crippen LogP contribution in [0.25, 0.3) is 0 Å². The molecule has 1 fully saturated rings. The maximum atomic E-state index is 3.66. The average molecular weight is 303 g/mol. The van der Waals surface area contributed by atoms with Gasteiger partial charge in [0.25, 0.3) is 0 Å². The zero-order valence-electron chi connectivity index (χ0n) is 5.45. The van der Waals surface area contributed by atoms with Crippen molar-refractivity contribution < 1.29 is 0 Å². The van der Waals surface area contributed by atoms with Gasteiger partial charge < -0.3 is 0 Å². The molecular weight excluding hydrogens is 291 g/mol. The van der Waals surface area contributed by atoms with Crippen molar-refractivity contribution >= 4 is 38.5 Å². The summed E-state index contributed by atoms with van der Waals surface area (Å²) < 4.78 is 0.949. The van der Waals surface area contributed by atoms with Crippen LogP contribution in [0.1, 0.15) is 32.1 Å². The largest absolute Gasteiger partial charge is 0.0891 e. The molecule has 0 aromatic carbocycles. The summed E-state index contributed by atoms with van der Waals surface area (Å²) in [7, 11) is 0. The molecule has 0 bridgehead atoms. The first-order chi connectivity index (χ1) is 4.29. The van der Waals surface area contributed by atoms with Crippen LogP contribution >= 0.6 is 38.5 Å². The number of hydrogen-bond acceptors (Lipinski definition) is 0. The summed E-state index contributed by atoms with van der Waals surface area (Å²) in [5.41, 5.74) is 0. The highest BCUT2D eigenvalue weighted by Crippen LogP contribution is 2.27. The summed E-state index contributed by atoms with van der Waals surface area (Å²) in [6.07, 6.45) is 7.04. The monoisotopic (exact) mass is 302 g/mol. The minimum Gasteiger partial charge on any atom is -0.0891 e. The Balaban J connectivity index is 2.25. The van der Waals surface area contributed by atoms with Crippen LogP contribution in [0.5, 0.6) is 0 Å². The van der Waals surface area contributed by atoms with Crippen LogP contribution in [0, 0.1) is 0 Å². The fraction of sp³-hybridized carbons (Fsp3) is 1.00. The second-order valence-electron chi connectivity index (χ2n) is 2.70. The zero-order chi connectivity index (χ0) is 6.69. The molecule has 1 aliphatic carbocycles. The lowest BCUT2D eigenvalue weighted by atomic mass is 10.2. The van der Waals surface area contributed by atoms with E-state index >= 15 is 0 Å². The van der Waals surface area contributed by atoms with Crippen molar-refractivity contribution in [3.05, 3.63) is 0 Å². The topological polar surface area (TPSA) is 0 Å². The highest BCUT2D eigenvalue weighted by molar-refractivity contribution is 14.1. The van der Waals surface area contributed by atoms with Crippen molar-refractivity contribution in [1.82, 2.24) is 0 Å². The Morgan fingerprint density at radius 2 is 1.89 bits per heavy atom. The van der Waals surface area contributed by atoms with Gasteiger partial charge in [-0.15, -0.1) is 0 Å². The molecular formula is C7H12BrI. The van der Waals surface area contributed by atoms with E-state index in [0.29, 0.717) is 0 Å². The molecule has 54 valence electrons. The molecule has 0 N–H and O–H groups in total. The lowest BCUT2D eigenvalue weighted by molar-refractivity contribution is 0.727. The van der Waals surface area contributed by atoms with Crippen LogP contribution in [0.4, 0.5) is 0 Å². The predicted octanol–water partition coefficient (Wildman–Crippen LogP) is 3.52. The Kier molecular flexibility index (Phi) is 3.84. The first-order valence-electron chi connectivity index (χ1n) is 3.57. The number of hydrogen-bond donors (Lipinski definition) is 0. The molecule has 0 nitrogen and oxygen atoms in total. The van der Waals surface area contributed by atoms with Gasteiger partial charge >= 0.3 is 0 Å². The van der Waals surface area contributed by atoms with Gasteiger partial charge in [0.1, 0.15) is 0 Å². The van der Waals surface area contributed by atoms with Gasteiger partial charge in [0, 0.05) is 8.75 Å². The van der Waals surface area contributed by atoms with E-state index in [-0.39, 0.29) is 0 Å². The van der Waals surface area contributed by atoms with Crippen molar-refractivity contribution in [3.63, 3.8) is 0 Å². The second kappa shape index (κ2) is 4.16. The van der Waals surface area contributed by atoms with E-state index in [9.17, 15) is 0 Å². The third-order valence-corrected chi connectivity index (χ3v) is 3.99. The highest BCUT2D eigenvalue weighted by Gasteiger charge is 2.13. The van der Waals surface area contributed by atoms with Gasteiger partial charge in [-0.25, -0.2) is 0 Å². The zero-order valence-corrected chi connectivity index (χ0v) is 9.19. The van der Waals surface area contributed by atoms with Crippen molar-refractivity contribution in [2.75, 3.05) is 0 Å². The van der Waals surface area contributed by atoms with Crippen LogP contribution in [0.15, 0.2) is 0 Å². The molecule has 1 rings (SSSR count). The van der Waals surface area contributed by atoms with Gasteiger partial charge in [-0.3, -0.25) is 0 Å². The molecule has 0 amide bonds. The van der Waals surface area contributed by atoms with Gasteiger partial charge in [0.2, 0.25) is 0 Å². The van der Waals surface area contributed by atoms with Crippen molar-refractivity contribution in [2.24, 2.45) is 0 Å². The van der Waals surface area contributed by atoms with Gasteiger partial charge in [-0.2, -0.15) is 0 Å². The molecule has 0 heterocycles. The normalized spacial score (nSPS) is 38.0. The summed E-state index contributed by atoms with van der Waals surface area (Å²) in [5, 5.41) is 0. The molecule has 0 aromatic heterocycles. The van der Waals surface area contributed by atoms with Crippen LogP contribution in [0.2, 0.25) is 0 Å². The van der Waals surface area contributed by atoms with Gasteiger partial charge in [-0.05, 0) is 25.7 Å². The van der Waals surface area contributed by atoms with Crippen molar-refractivity contribution in [2.45, 2.75) is 40.9 Å². The molecule has 2 atom stereocenters. The third-order valence-electron chi connectivity index (χ3n) is 1.83. The fourth-order valence-corrected chi connectivity index (χ4v) is 2.60. The predicted molar refractivity (Wildman–Crippen MR) is 53.6 cm³/mol. The molecule has 1 aliphatic rings. The van der Waals surface area contributed by atoms with E-state index in [1.807, 2.05) is 0 Å². The Labute approximate surface area is 79.1 Å². The van der Waals surface area contributed by atoms with Crippen molar-refractivity contribution in [3.8, 4) is 0 Å². The summed E-state index contributed by atoms with van der Waals surface area (Å²) in [4.78, 5) is 0.817. The second-order valence-corrected chi connectivity index (χ2v) is 5.76. The molecule has 0 saturated heterocycles. The van der Waals surface area contributed by atoms with Crippen LogP contribution in [-0.2, 0) is 0 Å². The van der Waals surface area contributed by atoms with Crippen LogP contribution in [-0.4, -0.2) is 8.75 Å². The van der Waals surface area contributed by atoms with E-state index in [1.165, 1.54) is 32.1 Å². The first kappa shape index (κ1) is 8.31. The molecule has 2 unspecified atom stereocenters. The minimum absolute atomic E-state index is 0.817. The SMILES string of the molecule is BrC1CCCC(I)CC1. The van der Waals surface area contributed by atoms with Crippen LogP contribution < -0.4 is 0 Å². The molecule has 1 saturated carbocycles. The van der Waals surface area contributed by atoms with E-state index < -0.39 is 0 Å². The molecule has 2 heteroatoms. The quantitative estimate of drug-likeness (QED) is 0.365. The third kappa shape index (κ3) is 3.21. The van der Waals surface area contributed by atoms with Crippen LogP contribution in [0.3, 0.4) is 0 Å². The average Bonchev–Trinajstić information content (AvgIpc) is 1.97. The maximum absolute atomic E-state index is 3.66. The highest BCUT2D eigenvalue weighted by atomic mass is 127. The fourth-order valence-electron chi connectivity index (χ4n) is 1.21. The molecule has 0 aromatic rings. The van der Waals surface area contributed by atoms with Gasteiger partial charge in [0.15, 0.2) is 0 Å². The summed E-state index contributed by atoms with van der Waals surface area (Å²) in [6, 6.07) is 0. The number of alkyl halides is 2. The summed E-state index contributed by atoms with van der Waals surface area (Å²) in [6.45, 7) is 0. The first-order valence-corrected chi connectivity index (χ1v) is 5.73. The molecule has 0 radical (unpaired) electrons. The molecule has 9 heavy (non-hydrogen) atoms. The van der Waals surface area contributed by atoms with E-state index in [1.54, 1.807) is 0 Å². The van der Waals surface area contributed by atoms with E-state index in [2.05, 4.69) is 38.5 Å². The Morgan fingerprint density at radius 1 is 1.11 bits per heavy atom. The minimum atomic E-state index is 0.817. The van der Waals surface area contributed by atoms with Gasteiger partial charge in [0.05, 0.1) is 0 Å². The Hall–Kier alpha value is 1.21. The van der Waals surface area contributed by atoms with E-state index in [4.69, 9.17) is 0 Å². The number of rotatable bonds is 0. The van der Waals surface area contributed by atoms with Crippen molar-refractivity contribution in [1.29, 1.82) is 0 Å². The molecule has 0 aliphatic heterocycles. The maximum Gasteiger partial charge on any atom is 0.0146 e. The Bertz CT molecular complexity index is 75.0. The summed E-state index contributed by atoms with van der Waals surface area (Å²) in [5.74, 6) is 0. The smallest absolute Gasteiger partial charge is 0.0146 e. The lowest BCUT2D eigenvalue weighted by Crippen LogP contribution is -1.95. The standard InChI is InChI=1S/C7H12BrI/c8-6-2-1-3-7(9)5-4-6/h6-7H,1-5H2.